The van der Waals surface area contributed by atoms with Crippen LogP contribution in [0.15, 0.2) is 30.3 Å². The minimum absolute atomic E-state index is 0.112. The molecule has 0 radical (unpaired) electrons. The highest BCUT2D eigenvalue weighted by atomic mass is 35.5. The standard InChI is InChI=1S/C17H19ClN2O3/c1-11(2)8-9-23-17-13(10-14(21)22)15(18)19-16(20-17)12-6-4-3-5-7-12/h3-7,11H,8-10H2,1-2H3,(H,21,22). The lowest BCUT2D eigenvalue weighted by Crippen LogP contribution is -2.10. The maximum absolute atomic E-state index is 11.0. The lowest BCUT2D eigenvalue weighted by Gasteiger charge is -2.13. The van der Waals surface area contributed by atoms with Crippen molar-refractivity contribution in [1.29, 1.82) is 0 Å². The number of nitrogens with zero attached hydrogens (tertiary/aromatic N) is 2. The minimum atomic E-state index is -1.00. The number of aliphatic carboxylic acids is 1. The molecule has 1 aromatic heterocycles. The summed E-state index contributed by atoms with van der Waals surface area (Å²) in [6.07, 6.45) is 0.569. The Labute approximate surface area is 140 Å². The molecule has 0 fully saturated rings. The highest BCUT2D eigenvalue weighted by Crippen LogP contribution is 2.28. The molecule has 0 spiro atoms. The van der Waals surface area contributed by atoms with Crippen molar-refractivity contribution < 1.29 is 14.6 Å². The first-order valence-corrected chi connectivity index (χ1v) is 7.81. The largest absolute Gasteiger partial charge is 0.481 e. The Morgan fingerprint density at radius 1 is 1.26 bits per heavy atom. The number of rotatable bonds is 7. The molecule has 122 valence electrons. The molecule has 0 atom stereocenters. The van der Waals surface area contributed by atoms with Gasteiger partial charge in [0, 0.05) is 5.56 Å². The Bertz CT molecular complexity index is 675. The average molecular weight is 335 g/mol. The summed E-state index contributed by atoms with van der Waals surface area (Å²) in [5, 5.41) is 9.16. The van der Waals surface area contributed by atoms with Gasteiger partial charge in [-0.2, -0.15) is 4.98 Å². The van der Waals surface area contributed by atoms with Crippen molar-refractivity contribution in [3.8, 4) is 17.3 Å². The quantitative estimate of drug-likeness (QED) is 0.779. The van der Waals surface area contributed by atoms with E-state index in [0.29, 0.717) is 23.9 Å². The Kier molecular flexibility index (Phi) is 5.93. The van der Waals surface area contributed by atoms with E-state index in [2.05, 4.69) is 23.8 Å². The van der Waals surface area contributed by atoms with Crippen LogP contribution in [0.25, 0.3) is 11.4 Å². The van der Waals surface area contributed by atoms with Crippen LogP contribution < -0.4 is 4.74 Å². The van der Waals surface area contributed by atoms with Crippen LogP contribution in [0, 0.1) is 5.92 Å². The summed E-state index contributed by atoms with van der Waals surface area (Å²) in [6.45, 7) is 4.62. The maximum Gasteiger partial charge on any atom is 0.308 e. The van der Waals surface area contributed by atoms with Crippen LogP contribution in [0.1, 0.15) is 25.8 Å². The van der Waals surface area contributed by atoms with Crippen molar-refractivity contribution in [2.75, 3.05) is 6.61 Å². The molecule has 0 aliphatic carbocycles. The lowest BCUT2D eigenvalue weighted by molar-refractivity contribution is -0.136. The fraction of sp³-hybridized carbons (Fsp3) is 0.353. The Hall–Kier alpha value is -2.14. The van der Waals surface area contributed by atoms with Crippen LogP contribution >= 0.6 is 11.6 Å². The molecule has 6 heteroatoms. The highest BCUT2D eigenvalue weighted by Gasteiger charge is 2.18. The predicted molar refractivity (Wildman–Crippen MR) is 88.8 cm³/mol. The van der Waals surface area contributed by atoms with E-state index in [4.69, 9.17) is 21.4 Å². The molecular weight excluding hydrogens is 316 g/mol. The van der Waals surface area contributed by atoms with E-state index in [0.717, 1.165) is 12.0 Å². The molecule has 0 aliphatic rings. The van der Waals surface area contributed by atoms with E-state index in [9.17, 15) is 4.79 Å². The van der Waals surface area contributed by atoms with Crippen molar-refractivity contribution in [2.24, 2.45) is 5.92 Å². The van der Waals surface area contributed by atoms with Gasteiger partial charge in [0.05, 0.1) is 18.6 Å². The molecular formula is C17H19ClN2O3. The Morgan fingerprint density at radius 2 is 1.96 bits per heavy atom. The van der Waals surface area contributed by atoms with Crippen LogP contribution in [-0.2, 0) is 11.2 Å². The minimum Gasteiger partial charge on any atom is -0.481 e. The van der Waals surface area contributed by atoms with Gasteiger partial charge >= 0.3 is 5.97 Å². The summed E-state index contributed by atoms with van der Waals surface area (Å²) >= 11 is 6.18. The zero-order valence-electron chi connectivity index (χ0n) is 13.1. The summed E-state index contributed by atoms with van der Waals surface area (Å²) in [4.78, 5) is 19.6. The van der Waals surface area contributed by atoms with E-state index in [-0.39, 0.29) is 17.5 Å². The van der Waals surface area contributed by atoms with Crippen LogP contribution in [0.2, 0.25) is 5.15 Å². The number of halogens is 1. The van der Waals surface area contributed by atoms with E-state index in [1.54, 1.807) is 0 Å². The van der Waals surface area contributed by atoms with Gasteiger partial charge in [-0.25, -0.2) is 4.98 Å². The number of carboxylic acid groups (broad SMARTS) is 1. The van der Waals surface area contributed by atoms with E-state index in [1.165, 1.54) is 0 Å². The second-order valence-electron chi connectivity index (χ2n) is 5.59. The van der Waals surface area contributed by atoms with Gasteiger partial charge < -0.3 is 9.84 Å². The molecule has 0 aliphatic heterocycles. The van der Waals surface area contributed by atoms with Gasteiger partial charge in [0.25, 0.3) is 0 Å². The number of carbonyl (C=O) groups is 1. The normalized spacial score (nSPS) is 10.8. The van der Waals surface area contributed by atoms with E-state index < -0.39 is 5.97 Å². The molecule has 1 aromatic carbocycles. The Morgan fingerprint density at radius 3 is 2.57 bits per heavy atom. The van der Waals surface area contributed by atoms with Crippen LogP contribution in [-0.4, -0.2) is 27.7 Å². The summed E-state index contributed by atoms with van der Waals surface area (Å²) in [6, 6.07) is 9.36. The first-order valence-electron chi connectivity index (χ1n) is 7.43. The number of ether oxygens (including phenoxy) is 1. The molecule has 0 bridgehead atoms. The molecule has 0 saturated heterocycles. The maximum atomic E-state index is 11.0. The fourth-order valence-electron chi connectivity index (χ4n) is 1.96. The van der Waals surface area contributed by atoms with E-state index in [1.807, 2.05) is 30.3 Å². The average Bonchev–Trinajstić information content (AvgIpc) is 2.50. The fourth-order valence-corrected chi connectivity index (χ4v) is 2.19. The van der Waals surface area contributed by atoms with Crippen molar-refractivity contribution in [2.45, 2.75) is 26.7 Å². The van der Waals surface area contributed by atoms with Crippen LogP contribution in [0.3, 0.4) is 0 Å². The zero-order chi connectivity index (χ0) is 16.8. The summed E-state index contributed by atoms with van der Waals surface area (Å²) in [7, 11) is 0. The second-order valence-corrected chi connectivity index (χ2v) is 5.95. The summed E-state index contributed by atoms with van der Waals surface area (Å²) < 4.78 is 5.69. The zero-order valence-corrected chi connectivity index (χ0v) is 13.9. The van der Waals surface area contributed by atoms with Crippen molar-refractivity contribution in [1.82, 2.24) is 9.97 Å². The van der Waals surface area contributed by atoms with Gasteiger partial charge in [0.15, 0.2) is 5.82 Å². The number of carboxylic acids is 1. The van der Waals surface area contributed by atoms with Crippen LogP contribution in [0.5, 0.6) is 5.88 Å². The monoisotopic (exact) mass is 334 g/mol. The molecule has 2 aromatic rings. The van der Waals surface area contributed by atoms with Gasteiger partial charge in [-0.05, 0) is 12.3 Å². The smallest absolute Gasteiger partial charge is 0.308 e. The van der Waals surface area contributed by atoms with Crippen molar-refractivity contribution >= 4 is 17.6 Å². The third-order valence-corrected chi connectivity index (χ3v) is 3.53. The van der Waals surface area contributed by atoms with Crippen molar-refractivity contribution in [3.05, 3.63) is 41.0 Å². The first-order chi connectivity index (χ1) is 11.0. The first kappa shape index (κ1) is 17.2. The summed E-state index contributed by atoms with van der Waals surface area (Å²) in [5.74, 6) is 0.136. The number of hydrogen-bond donors (Lipinski definition) is 1. The molecule has 1 heterocycles. The molecule has 23 heavy (non-hydrogen) atoms. The number of benzene rings is 1. The SMILES string of the molecule is CC(C)CCOc1nc(-c2ccccc2)nc(Cl)c1CC(=O)O. The topological polar surface area (TPSA) is 72.3 Å². The molecule has 0 saturated carbocycles. The Balaban J connectivity index is 2.37. The van der Waals surface area contributed by atoms with Crippen molar-refractivity contribution in [3.63, 3.8) is 0 Å². The molecule has 0 amide bonds. The molecule has 5 nitrogen and oxygen atoms in total. The predicted octanol–water partition coefficient (Wildman–Crippen LogP) is 3.85. The van der Waals surface area contributed by atoms with Gasteiger partial charge in [-0.3, -0.25) is 4.79 Å². The lowest BCUT2D eigenvalue weighted by atomic mass is 10.1. The summed E-state index contributed by atoms with van der Waals surface area (Å²) in [5.41, 5.74) is 1.10. The highest BCUT2D eigenvalue weighted by molar-refractivity contribution is 6.30. The number of hydrogen-bond acceptors (Lipinski definition) is 4. The van der Waals surface area contributed by atoms with Gasteiger partial charge in [0.1, 0.15) is 5.15 Å². The van der Waals surface area contributed by atoms with Gasteiger partial charge in [-0.15, -0.1) is 0 Å². The third-order valence-electron chi connectivity index (χ3n) is 3.21. The molecule has 0 unspecified atom stereocenters. The van der Waals surface area contributed by atoms with E-state index >= 15 is 0 Å². The second kappa shape index (κ2) is 7.92. The molecule has 1 N–H and O–H groups in total. The third kappa shape index (κ3) is 4.93. The van der Waals surface area contributed by atoms with Gasteiger partial charge in [0.2, 0.25) is 5.88 Å². The molecule has 2 rings (SSSR count). The number of aromatic nitrogens is 2. The van der Waals surface area contributed by atoms with Crippen LogP contribution in [0.4, 0.5) is 0 Å². The van der Waals surface area contributed by atoms with Gasteiger partial charge in [-0.1, -0.05) is 55.8 Å².